The first-order valence-electron chi connectivity index (χ1n) is 8.79. The van der Waals surface area contributed by atoms with Gasteiger partial charge in [-0.1, -0.05) is 17.7 Å². The van der Waals surface area contributed by atoms with E-state index in [2.05, 4.69) is 15.6 Å². The number of ether oxygens (including phenoxy) is 2. The van der Waals surface area contributed by atoms with E-state index in [0.717, 1.165) is 16.9 Å². The lowest BCUT2D eigenvalue weighted by Crippen LogP contribution is -2.17. The summed E-state index contributed by atoms with van der Waals surface area (Å²) in [5, 5.41) is 6.72. The molecule has 0 bridgehead atoms. The topological polar surface area (TPSA) is 72.5 Å². The number of halogens is 1. The molecule has 1 amide bonds. The summed E-state index contributed by atoms with van der Waals surface area (Å²) < 4.78 is 11.0. The van der Waals surface area contributed by atoms with E-state index in [0.29, 0.717) is 41.1 Å². The smallest absolute Gasteiger partial charge is 0.274 e. The molecule has 0 aliphatic carbocycles. The molecule has 2 aromatic carbocycles. The van der Waals surface area contributed by atoms with Crippen LogP contribution in [0, 0.1) is 6.92 Å². The molecule has 0 radical (unpaired) electrons. The number of amides is 1. The first-order valence-corrected chi connectivity index (χ1v) is 9.16. The average Bonchev–Trinajstić information content (AvgIpc) is 2.71. The molecule has 0 saturated carbocycles. The molecule has 0 unspecified atom stereocenters. The third-order valence-corrected chi connectivity index (χ3v) is 4.51. The molecule has 28 heavy (non-hydrogen) atoms. The minimum absolute atomic E-state index is 0.304. The molecule has 142 valence electrons. The second-order valence-electron chi connectivity index (χ2n) is 6.33. The maximum Gasteiger partial charge on any atom is 0.274 e. The lowest BCUT2D eigenvalue weighted by atomic mass is 10.2. The number of carbonyl (C=O) groups is 1. The van der Waals surface area contributed by atoms with E-state index in [1.807, 2.05) is 25.1 Å². The third kappa shape index (κ3) is 4.02. The lowest BCUT2D eigenvalue weighted by Gasteiger charge is -2.19. The molecule has 2 heterocycles. The van der Waals surface area contributed by atoms with Crippen LogP contribution in [0.2, 0.25) is 5.02 Å². The van der Waals surface area contributed by atoms with Crippen molar-refractivity contribution in [2.75, 3.05) is 23.8 Å². The molecule has 0 atom stereocenters. The van der Waals surface area contributed by atoms with Gasteiger partial charge in [-0.2, -0.15) is 0 Å². The zero-order chi connectivity index (χ0) is 19.5. The number of nitrogens with one attached hydrogen (secondary N) is 2. The van der Waals surface area contributed by atoms with E-state index >= 15 is 0 Å². The van der Waals surface area contributed by atoms with Crippen LogP contribution in [0.3, 0.4) is 0 Å². The van der Waals surface area contributed by atoms with E-state index in [9.17, 15) is 4.79 Å². The molecule has 6 nitrogen and oxygen atoms in total. The van der Waals surface area contributed by atoms with Crippen molar-refractivity contribution < 1.29 is 14.3 Å². The van der Waals surface area contributed by atoms with Crippen LogP contribution in [-0.4, -0.2) is 24.1 Å². The maximum absolute atomic E-state index is 12.5. The molecule has 1 aromatic heterocycles. The Hall–Kier alpha value is -3.25. The number of aryl methyl sites for hydroxylation is 1. The van der Waals surface area contributed by atoms with Crippen molar-refractivity contribution in [3.8, 4) is 11.5 Å². The largest absolute Gasteiger partial charge is 0.486 e. The van der Waals surface area contributed by atoms with Crippen molar-refractivity contribution >= 4 is 34.6 Å². The van der Waals surface area contributed by atoms with Gasteiger partial charge in [0.15, 0.2) is 11.5 Å². The van der Waals surface area contributed by atoms with Crippen LogP contribution < -0.4 is 20.1 Å². The molecule has 0 saturated heterocycles. The monoisotopic (exact) mass is 395 g/mol. The Morgan fingerprint density at radius 1 is 1.00 bits per heavy atom. The first-order chi connectivity index (χ1) is 13.6. The molecule has 0 fully saturated rings. The van der Waals surface area contributed by atoms with E-state index < -0.39 is 0 Å². The summed E-state index contributed by atoms with van der Waals surface area (Å²) in [6.07, 6.45) is 1.61. The zero-order valence-corrected chi connectivity index (χ0v) is 15.9. The van der Waals surface area contributed by atoms with Crippen LogP contribution in [0.25, 0.3) is 0 Å². The van der Waals surface area contributed by atoms with E-state index in [4.69, 9.17) is 21.1 Å². The van der Waals surface area contributed by atoms with Crippen molar-refractivity contribution in [1.29, 1.82) is 0 Å². The van der Waals surface area contributed by atoms with Gasteiger partial charge in [-0.05, 0) is 48.9 Å². The molecule has 7 heteroatoms. The minimum atomic E-state index is -0.304. The fourth-order valence-electron chi connectivity index (χ4n) is 2.80. The molecule has 3 aromatic rings. The van der Waals surface area contributed by atoms with Crippen molar-refractivity contribution in [3.05, 3.63) is 71.0 Å². The van der Waals surface area contributed by atoms with Crippen LogP contribution >= 0.6 is 11.6 Å². The second-order valence-corrected chi connectivity index (χ2v) is 6.77. The summed E-state index contributed by atoms with van der Waals surface area (Å²) in [5.74, 6) is 0.990. The highest BCUT2D eigenvalue weighted by atomic mass is 35.5. The summed E-state index contributed by atoms with van der Waals surface area (Å²) in [7, 11) is 0. The number of nitrogens with zero attached hydrogens (tertiary/aromatic N) is 1. The van der Waals surface area contributed by atoms with Crippen LogP contribution in [0.15, 0.2) is 54.7 Å². The van der Waals surface area contributed by atoms with Crippen LogP contribution in [0.1, 0.15) is 16.1 Å². The van der Waals surface area contributed by atoms with Crippen molar-refractivity contribution in [3.63, 3.8) is 0 Å². The number of hydrogen-bond donors (Lipinski definition) is 2. The van der Waals surface area contributed by atoms with E-state index in [1.54, 1.807) is 36.5 Å². The Kier molecular flexibility index (Phi) is 5.04. The molecule has 0 spiro atoms. The predicted molar refractivity (Wildman–Crippen MR) is 109 cm³/mol. The summed E-state index contributed by atoms with van der Waals surface area (Å²) >= 11 is 6.05. The van der Waals surface area contributed by atoms with Crippen LogP contribution in [0.4, 0.5) is 17.1 Å². The molecule has 2 N–H and O–H groups in total. The highest BCUT2D eigenvalue weighted by Crippen LogP contribution is 2.32. The number of carbonyl (C=O) groups excluding carboxylic acids is 1. The normalized spacial score (nSPS) is 12.4. The third-order valence-electron chi connectivity index (χ3n) is 4.27. The van der Waals surface area contributed by atoms with Gasteiger partial charge in [0.05, 0.1) is 11.9 Å². The lowest BCUT2D eigenvalue weighted by molar-refractivity contribution is 0.102. The number of benzene rings is 2. The van der Waals surface area contributed by atoms with Crippen molar-refractivity contribution in [2.24, 2.45) is 0 Å². The van der Waals surface area contributed by atoms with Gasteiger partial charge in [0, 0.05) is 22.5 Å². The number of anilines is 3. The highest BCUT2D eigenvalue weighted by Gasteiger charge is 2.14. The Bertz CT molecular complexity index is 1020. The van der Waals surface area contributed by atoms with Gasteiger partial charge in [-0.15, -0.1) is 0 Å². The number of rotatable bonds is 4. The van der Waals surface area contributed by atoms with Gasteiger partial charge in [-0.25, -0.2) is 4.98 Å². The van der Waals surface area contributed by atoms with Gasteiger partial charge >= 0.3 is 0 Å². The van der Waals surface area contributed by atoms with E-state index in [-0.39, 0.29) is 5.91 Å². The maximum atomic E-state index is 12.5. The quantitative estimate of drug-likeness (QED) is 0.663. The SMILES string of the molecule is Cc1ccc(Cl)cc1Nc1ccc(C(=O)Nc2ccc3c(c2)OCCO3)nc1. The van der Waals surface area contributed by atoms with Gasteiger partial charge in [0.2, 0.25) is 0 Å². The van der Waals surface area contributed by atoms with Crippen molar-refractivity contribution in [2.45, 2.75) is 6.92 Å². The van der Waals surface area contributed by atoms with Crippen LogP contribution in [0.5, 0.6) is 11.5 Å². The van der Waals surface area contributed by atoms with Crippen LogP contribution in [-0.2, 0) is 0 Å². The summed E-state index contributed by atoms with van der Waals surface area (Å²) in [6, 6.07) is 14.4. The van der Waals surface area contributed by atoms with Crippen molar-refractivity contribution in [1.82, 2.24) is 4.98 Å². The average molecular weight is 396 g/mol. The number of pyridine rings is 1. The molecule has 1 aliphatic heterocycles. The van der Waals surface area contributed by atoms with Gasteiger partial charge in [0.1, 0.15) is 18.9 Å². The molecule has 4 rings (SSSR count). The Morgan fingerprint density at radius 2 is 1.79 bits per heavy atom. The van der Waals surface area contributed by atoms with E-state index in [1.165, 1.54) is 0 Å². The number of fused-ring (bicyclic) bond motifs is 1. The zero-order valence-electron chi connectivity index (χ0n) is 15.2. The number of aromatic nitrogens is 1. The Morgan fingerprint density at radius 3 is 2.57 bits per heavy atom. The molecular weight excluding hydrogens is 378 g/mol. The van der Waals surface area contributed by atoms with Gasteiger partial charge in [-0.3, -0.25) is 4.79 Å². The summed E-state index contributed by atoms with van der Waals surface area (Å²) in [5.41, 5.74) is 3.64. The molecule has 1 aliphatic rings. The standard InChI is InChI=1S/C21H18ClN3O3/c1-13-2-3-14(22)10-18(13)24-16-4-6-17(23-12-16)21(26)25-15-5-7-19-20(11-15)28-9-8-27-19/h2-7,10-12,24H,8-9H2,1H3,(H,25,26). The summed E-state index contributed by atoms with van der Waals surface area (Å²) in [6.45, 7) is 3.01. The minimum Gasteiger partial charge on any atom is -0.486 e. The number of hydrogen-bond acceptors (Lipinski definition) is 5. The molecular formula is C21H18ClN3O3. The Balaban J connectivity index is 1.45. The fraction of sp³-hybridized carbons (Fsp3) is 0.143. The first kappa shape index (κ1) is 18.1. The van der Waals surface area contributed by atoms with Gasteiger partial charge in [0.25, 0.3) is 5.91 Å². The van der Waals surface area contributed by atoms with Gasteiger partial charge < -0.3 is 20.1 Å². The fourth-order valence-corrected chi connectivity index (χ4v) is 2.97. The predicted octanol–water partition coefficient (Wildman–Crippen LogP) is 4.81. The highest BCUT2D eigenvalue weighted by molar-refractivity contribution is 6.30. The summed E-state index contributed by atoms with van der Waals surface area (Å²) in [4.78, 5) is 16.7. The Labute approximate surface area is 167 Å². The second kappa shape index (κ2) is 7.78.